The van der Waals surface area contributed by atoms with E-state index in [1.165, 1.54) is 12.8 Å². The minimum absolute atomic E-state index is 0.00918. The third-order valence-corrected chi connectivity index (χ3v) is 3.82. The molecule has 16 heavy (non-hydrogen) atoms. The number of anilines is 1. The summed E-state index contributed by atoms with van der Waals surface area (Å²) in [6.07, 6.45) is 6.47. The van der Waals surface area contributed by atoms with E-state index in [1.54, 1.807) is 6.20 Å². The van der Waals surface area contributed by atoms with Gasteiger partial charge in [0.2, 0.25) is 0 Å². The van der Waals surface area contributed by atoms with Gasteiger partial charge < -0.3 is 5.32 Å². The zero-order chi connectivity index (χ0) is 11.4. The molecular weight excluding hydrogens is 222 g/mol. The fraction of sp³-hybridized carbons (Fsp3) is 0.667. The Balaban J connectivity index is 2.10. The largest absolute Gasteiger partial charge is 0.362 e. The molecular formula is C12H18ClN3. The number of rotatable bonds is 3. The topological polar surface area (TPSA) is 37.8 Å². The predicted molar refractivity (Wildman–Crippen MR) is 66.7 cm³/mol. The molecule has 1 aliphatic carbocycles. The molecule has 3 nitrogen and oxygen atoms in total. The highest BCUT2D eigenvalue weighted by Crippen LogP contribution is 2.35. The van der Waals surface area contributed by atoms with E-state index in [-0.39, 0.29) is 5.54 Å². The van der Waals surface area contributed by atoms with Crippen LogP contribution in [0.2, 0.25) is 0 Å². The van der Waals surface area contributed by atoms with Crippen LogP contribution in [0.3, 0.4) is 0 Å². The van der Waals surface area contributed by atoms with Crippen molar-refractivity contribution in [3.8, 4) is 0 Å². The van der Waals surface area contributed by atoms with Gasteiger partial charge in [0.05, 0.1) is 5.54 Å². The van der Waals surface area contributed by atoms with Gasteiger partial charge in [-0.3, -0.25) is 0 Å². The van der Waals surface area contributed by atoms with Gasteiger partial charge in [0.15, 0.2) is 0 Å². The smallest absolute Gasteiger partial charge is 0.149 e. The maximum Gasteiger partial charge on any atom is 0.149 e. The Labute approximate surface area is 102 Å². The van der Waals surface area contributed by atoms with E-state index in [2.05, 4.69) is 22.4 Å². The first-order chi connectivity index (χ1) is 7.74. The van der Waals surface area contributed by atoms with Gasteiger partial charge in [0, 0.05) is 12.1 Å². The molecule has 88 valence electrons. The third kappa shape index (κ3) is 2.64. The standard InChI is InChI=1S/C12H18ClN3/c1-10-4-2-6-12(8-10,9-13)15-11-5-3-7-14-16-11/h3,5,7,10H,2,4,6,8-9H2,1H3,(H,15,16). The van der Waals surface area contributed by atoms with Gasteiger partial charge in [-0.25, -0.2) is 0 Å². The van der Waals surface area contributed by atoms with Crippen molar-refractivity contribution >= 4 is 17.4 Å². The summed E-state index contributed by atoms with van der Waals surface area (Å²) in [5, 5.41) is 11.4. The molecule has 2 unspecified atom stereocenters. The summed E-state index contributed by atoms with van der Waals surface area (Å²) < 4.78 is 0. The molecule has 1 heterocycles. The van der Waals surface area contributed by atoms with Gasteiger partial charge >= 0.3 is 0 Å². The van der Waals surface area contributed by atoms with Crippen LogP contribution >= 0.6 is 11.6 Å². The number of halogens is 1. The Bertz CT molecular complexity index is 330. The van der Waals surface area contributed by atoms with Gasteiger partial charge in [-0.1, -0.05) is 19.8 Å². The molecule has 0 aliphatic heterocycles. The summed E-state index contributed by atoms with van der Waals surface area (Å²) in [4.78, 5) is 0. The van der Waals surface area contributed by atoms with E-state index < -0.39 is 0 Å². The van der Waals surface area contributed by atoms with Gasteiger partial charge in [-0.05, 0) is 30.9 Å². The van der Waals surface area contributed by atoms with E-state index in [4.69, 9.17) is 11.6 Å². The van der Waals surface area contributed by atoms with Crippen LogP contribution in [0.15, 0.2) is 18.3 Å². The monoisotopic (exact) mass is 239 g/mol. The Kier molecular flexibility index (Phi) is 3.64. The fourth-order valence-electron chi connectivity index (χ4n) is 2.57. The van der Waals surface area contributed by atoms with Gasteiger partial charge in [0.25, 0.3) is 0 Å². The lowest BCUT2D eigenvalue weighted by molar-refractivity contribution is 0.279. The molecule has 0 radical (unpaired) electrons. The lowest BCUT2D eigenvalue weighted by Gasteiger charge is -2.39. The van der Waals surface area contributed by atoms with Crippen LogP contribution in [0.1, 0.15) is 32.6 Å². The molecule has 1 aromatic heterocycles. The second kappa shape index (κ2) is 5.00. The zero-order valence-electron chi connectivity index (χ0n) is 9.62. The molecule has 2 atom stereocenters. The number of hydrogen-bond donors (Lipinski definition) is 1. The first-order valence-corrected chi connectivity index (χ1v) is 6.39. The van der Waals surface area contributed by atoms with Crippen LogP contribution in [0.25, 0.3) is 0 Å². The predicted octanol–water partition coefficient (Wildman–Crippen LogP) is 3.08. The molecule has 0 bridgehead atoms. The van der Waals surface area contributed by atoms with Gasteiger partial charge in [0.1, 0.15) is 5.82 Å². The summed E-state index contributed by atoms with van der Waals surface area (Å²) >= 11 is 6.14. The number of nitrogens with zero attached hydrogens (tertiary/aromatic N) is 2. The Hall–Kier alpha value is -0.830. The van der Waals surface area contributed by atoms with Crippen molar-refractivity contribution in [1.82, 2.24) is 10.2 Å². The van der Waals surface area contributed by atoms with Crippen LogP contribution in [0.4, 0.5) is 5.82 Å². The van der Waals surface area contributed by atoms with Crippen LogP contribution < -0.4 is 5.32 Å². The molecule has 0 spiro atoms. The molecule has 1 aromatic rings. The van der Waals surface area contributed by atoms with E-state index in [1.807, 2.05) is 12.1 Å². The lowest BCUT2D eigenvalue weighted by Crippen LogP contribution is -2.44. The number of nitrogens with one attached hydrogen (secondary N) is 1. The maximum atomic E-state index is 6.14. The van der Waals surface area contributed by atoms with Crippen molar-refractivity contribution in [2.75, 3.05) is 11.2 Å². The van der Waals surface area contributed by atoms with Crippen molar-refractivity contribution in [2.24, 2.45) is 5.92 Å². The number of aromatic nitrogens is 2. The summed E-state index contributed by atoms with van der Waals surface area (Å²) in [5.41, 5.74) is 0.00918. The third-order valence-electron chi connectivity index (χ3n) is 3.31. The molecule has 2 rings (SSSR count). The second-order valence-electron chi connectivity index (χ2n) is 4.85. The van der Waals surface area contributed by atoms with E-state index in [0.29, 0.717) is 5.88 Å². The molecule has 0 saturated heterocycles. The average molecular weight is 240 g/mol. The molecule has 1 aliphatic rings. The Morgan fingerprint density at radius 2 is 2.50 bits per heavy atom. The zero-order valence-corrected chi connectivity index (χ0v) is 10.4. The number of alkyl halides is 1. The minimum Gasteiger partial charge on any atom is -0.362 e. The van der Waals surface area contributed by atoms with Gasteiger partial charge in [-0.2, -0.15) is 5.10 Å². The van der Waals surface area contributed by atoms with Crippen molar-refractivity contribution in [3.63, 3.8) is 0 Å². The Morgan fingerprint density at radius 3 is 3.12 bits per heavy atom. The normalized spacial score (nSPS) is 30.0. The molecule has 1 fully saturated rings. The van der Waals surface area contributed by atoms with Crippen molar-refractivity contribution in [3.05, 3.63) is 18.3 Å². The summed E-state index contributed by atoms with van der Waals surface area (Å²) in [6.45, 7) is 2.29. The van der Waals surface area contributed by atoms with E-state index >= 15 is 0 Å². The average Bonchev–Trinajstić information content (AvgIpc) is 2.30. The minimum atomic E-state index is 0.00918. The van der Waals surface area contributed by atoms with E-state index in [0.717, 1.165) is 24.6 Å². The van der Waals surface area contributed by atoms with Gasteiger partial charge in [-0.15, -0.1) is 16.7 Å². The fourth-order valence-corrected chi connectivity index (χ4v) is 2.88. The maximum absolute atomic E-state index is 6.14. The van der Waals surface area contributed by atoms with Crippen LogP contribution in [0, 0.1) is 5.92 Å². The Morgan fingerprint density at radius 1 is 1.62 bits per heavy atom. The van der Waals surface area contributed by atoms with Crippen molar-refractivity contribution in [2.45, 2.75) is 38.1 Å². The highest BCUT2D eigenvalue weighted by atomic mass is 35.5. The molecule has 0 amide bonds. The quantitative estimate of drug-likeness (QED) is 0.824. The summed E-state index contributed by atoms with van der Waals surface area (Å²) in [5.74, 6) is 2.20. The van der Waals surface area contributed by atoms with Crippen molar-refractivity contribution < 1.29 is 0 Å². The highest BCUT2D eigenvalue weighted by Gasteiger charge is 2.34. The van der Waals surface area contributed by atoms with Crippen LogP contribution in [-0.4, -0.2) is 21.6 Å². The highest BCUT2D eigenvalue weighted by molar-refractivity contribution is 6.18. The van der Waals surface area contributed by atoms with Crippen LogP contribution in [0.5, 0.6) is 0 Å². The molecule has 0 aromatic carbocycles. The first-order valence-electron chi connectivity index (χ1n) is 5.86. The van der Waals surface area contributed by atoms with E-state index in [9.17, 15) is 0 Å². The van der Waals surface area contributed by atoms with Crippen LogP contribution in [-0.2, 0) is 0 Å². The SMILES string of the molecule is CC1CCCC(CCl)(Nc2cccnn2)C1. The number of hydrogen-bond acceptors (Lipinski definition) is 3. The molecule has 1 saturated carbocycles. The lowest BCUT2D eigenvalue weighted by atomic mass is 9.77. The van der Waals surface area contributed by atoms with Crippen molar-refractivity contribution in [1.29, 1.82) is 0 Å². The first kappa shape index (κ1) is 11.6. The molecule has 4 heteroatoms. The summed E-state index contributed by atoms with van der Waals surface area (Å²) in [6, 6.07) is 3.84. The second-order valence-corrected chi connectivity index (χ2v) is 5.12. The molecule has 1 N–H and O–H groups in total. The summed E-state index contributed by atoms with van der Waals surface area (Å²) in [7, 11) is 0.